The third kappa shape index (κ3) is 3.41. The van der Waals surface area contributed by atoms with E-state index in [-0.39, 0.29) is 11.3 Å². The molecule has 0 aromatic heterocycles. The lowest BCUT2D eigenvalue weighted by Gasteiger charge is -2.14. The van der Waals surface area contributed by atoms with Gasteiger partial charge in [0.15, 0.2) is 6.10 Å². The van der Waals surface area contributed by atoms with Gasteiger partial charge in [-0.2, -0.15) is 0 Å². The predicted octanol–water partition coefficient (Wildman–Crippen LogP) is 1.94. The smallest absolute Gasteiger partial charge is 0.479 e. The molecule has 9 heteroatoms. The fourth-order valence-corrected chi connectivity index (χ4v) is 1.37. The minimum Gasteiger partial charge on any atom is -0.479 e. The second-order valence-corrected chi connectivity index (χ2v) is 3.61. The second kappa shape index (κ2) is 4.91. The molecular weight excluding hydrogens is 279 g/mol. The second-order valence-electron chi connectivity index (χ2n) is 3.20. The summed E-state index contributed by atoms with van der Waals surface area (Å²) >= 11 is 5.47. The number of halogens is 4. The van der Waals surface area contributed by atoms with Gasteiger partial charge in [0.25, 0.3) is 0 Å². The van der Waals surface area contributed by atoms with E-state index in [0.29, 0.717) is 6.07 Å². The van der Waals surface area contributed by atoms with Crippen molar-refractivity contribution < 1.29 is 32.9 Å². The molecule has 0 bridgehead atoms. The lowest BCUT2D eigenvalue weighted by Crippen LogP contribution is -2.18. The summed E-state index contributed by atoms with van der Waals surface area (Å²) in [5, 5.41) is 17.3. The van der Waals surface area contributed by atoms with E-state index >= 15 is 0 Å². The Morgan fingerprint density at radius 2 is 2.00 bits per heavy atom. The van der Waals surface area contributed by atoms with Gasteiger partial charge < -0.3 is 20.7 Å². The number of hydrogen-bond acceptors (Lipinski definition) is 4. The molecule has 0 spiro atoms. The van der Waals surface area contributed by atoms with Crippen molar-refractivity contribution in [3.8, 4) is 5.75 Å². The average Bonchev–Trinajstić information content (AvgIpc) is 2.19. The van der Waals surface area contributed by atoms with Gasteiger partial charge in [0.2, 0.25) is 0 Å². The number of aliphatic hydroxyl groups excluding tert-OH is 1. The van der Waals surface area contributed by atoms with Gasteiger partial charge >= 0.3 is 12.3 Å². The van der Waals surface area contributed by atoms with Crippen LogP contribution in [0.15, 0.2) is 12.1 Å². The first-order valence-corrected chi connectivity index (χ1v) is 4.75. The Balaban J connectivity index is 3.16. The van der Waals surface area contributed by atoms with E-state index in [1.165, 1.54) is 0 Å². The highest BCUT2D eigenvalue weighted by Gasteiger charge is 2.33. The van der Waals surface area contributed by atoms with Crippen LogP contribution in [0.2, 0.25) is 5.02 Å². The maximum Gasteiger partial charge on any atom is 0.573 e. The van der Waals surface area contributed by atoms with Crippen molar-refractivity contribution in [1.29, 1.82) is 0 Å². The number of benzene rings is 1. The third-order valence-electron chi connectivity index (χ3n) is 1.89. The monoisotopic (exact) mass is 285 g/mol. The zero-order chi connectivity index (χ0) is 14.1. The van der Waals surface area contributed by atoms with E-state index in [9.17, 15) is 23.1 Å². The molecule has 0 aliphatic carbocycles. The third-order valence-corrected chi connectivity index (χ3v) is 2.19. The number of aliphatic carboxylic acids is 1. The van der Waals surface area contributed by atoms with Crippen LogP contribution in [-0.4, -0.2) is 22.5 Å². The van der Waals surface area contributed by atoms with Crippen LogP contribution >= 0.6 is 11.6 Å². The maximum absolute atomic E-state index is 12.0. The van der Waals surface area contributed by atoms with E-state index in [0.717, 1.165) is 6.07 Å². The van der Waals surface area contributed by atoms with Gasteiger partial charge in [-0.15, -0.1) is 13.2 Å². The van der Waals surface area contributed by atoms with E-state index in [1.54, 1.807) is 0 Å². The van der Waals surface area contributed by atoms with Gasteiger partial charge in [-0.25, -0.2) is 4.79 Å². The number of rotatable bonds is 3. The van der Waals surface area contributed by atoms with Crippen molar-refractivity contribution in [3.63, 3.8) is 0 Å². The molecule has 0 aliphatic heterocycles. The number of carboxylic acid groups (broad SMARTS) is 1. The summed E-state index contributed by atoms with van der Waals surface area (Å²) < 4.78 is 39.5. The molecule has 1 aromatic rings. The molecule has 1 rings (SSSR count). The topological polar surface area (TPSA) is 92.8 Å². The van der Waals surface area contributed by atoms with E-state index in [2.05, 4.69) is 4.74 Å². The van der Waals surface area contributed by atoms with Crippen molar-refractivity contribution in [2.75, 3.05) is 5.73 Å². The molecule has 0 aliphatic rings. The molecule has 0 heterocycles. The van der Waals surface area contributed by atoms with E-state index in [1.807, 2.05) is 0 Å². The van der Waals surface area contributed by atoms with Crippen molar-refractivity contribution in [2.45, 2.75) is 12.5 Å². The zero-order valence-electron chi connectivity index (χ0n) is 8.53. The number of nitrogens with two attached hydrogens (primary N) is 1. The van der Waals surface area contributed by atoms with Crippen LogP contribution in [0.3, 0.4) is 0 Å². The molecule has 0 saturated heterocycles. The Morgan fingerprint density at radius 1 is 1.44 bits per heavy atom. The van der Waals surface area contributed by atoms with Crippen LogP contribution in [0.4, 0.5) is 18.9 Å². The molecule has 0 amide bonds. The lowest BCUT2D eigenvalue weighted by molar-refractivity contribution is -0.274. The number of hydrogen-bond donors (Lipinski definition) is 3. The molecule has 100 valence electrons. The Bertz CT molecular complexity index is 478. The standard InChI is InChI=1S/C9H7ClF3NO4/c10-4-1-3(7(15)8(16)17)5(14)2-6(4)18-9(11,12)13/h1-2,7,15H,14H2,(H,16,17). The maximum atomic E-state index is 12.0. The van der Waals surface area contributed by atoms with Crippen molar-refractivity contribution in [3.05, 3.63) is 22.7 Å². The van der Waals surface area contributed by atoms with Crippen molar-refractivity contribution in [2.24, 2.45) is 0 Å². The fraction of sp³-hybridized carbons (Fsp3) is 0.222. The van der Waals surface area contributed by atoms with Gasteiger partial charge in [0.05, 0.1) is 5.02 Å². The summed E-state index contributed by atoms with van der Waals surface area (Å²) in [6.45, 7) is 0. The summed E-state index contributed by atoms with van der Waals surface area (Å²) in [6.07, 6.45) is -6.94. The van der Waals surface area contributed by atoms with Crippen LogP contribution < -0.4 is 10.5 Å². The average molecular weight is 286 g/mol. The van der Waals surface area contributed by atoms with E-state index < -0.39 is 29.2 Å². The molecule has 1 atom stereocenters. The number of carbonyl (C=O) groups is 1. The van der Waals surface area contributed by atoms with Crippen LogP contribution in [0.1, 0.15) is 11.7 Å². The first-order valence-electron chi connectivity index (χ1n) is 4.37. The molecule has 18 heavy (non-hydrogen) atoms. The minimum absolute atomic E-state index is 0.318. The van der Waals surface area contributed by atoms with Crippen molar-refractivity contribution >= 4 is 23.3 Å². The van der Waals surface area contributed by atoms with Gasteiger partial charge in [-0.05, 0) is 6.07 Å². The van der Waals surface area contributed by atoms with Gasteiger partial charge in [0.1, 0.15) is 5.75 Å². The molecule has 1 unspecified atom stereocenters. The highest BCUT2D eigenvalue weighted by Crippen LogP contribution is 2.35. The normalized spacial score (nSPS) is 13.2. The largest absolute Gasteiger partial charge is 0.573 e. The molecule has 0 saturated carbocycles. The number of anilines is 1. The SMILES string of the molecule is Nc1cc(OC(F)(F)F)c(Cl)cc1C(O)C(=O)O. The summed E-state index contributed by atoms with van der Waals surface area (Å²) in [5.41, 5.74) is 4.62. The number of alkyl halides is 3. The summed E-state index contributed by atoms with van der Waals surface area (Å²) in [4.78, 5) is 10.5. The number of ether oxygens (including phenoxy) is 1. The number of carboxylic acids is 1. The molecule has 0 radical (unpaired) electrons. The Kier molecular flexibility index (Phi) is 3.92. The molecule has 0 fully saturated rings. The quantitative estimate of drug-likeness (QED) is 0.738. The number of aliphatic hydroxyl groups is 1. The molecule has 1 aromatic carbocycles. The zero-order valence-corrected chi connectivity index (χ0v) is 9.29. The first-order chi connectivity index (χ1) is 8.11. The van der Waals surface area contributed by atoms with Crippen LogP contribution in [0, 0.1) is 0 Å². The van der Waals surface area contributed by atoms with Crippen LogP contribution in [0.5, 0.6) is 5.75 Å². The van der Waals surface area contributed by atoms with Crippen LogP contribution in [-0.2, 0) is 4.79 Å². The Labute approximate surface area is 104 Å². The first kappa shape index (κ1) is 14.4. The highest BCUT2D eigenvalue weighted by molar-refractivity contribution is 6.32. The van der Waals surface area contributed by atoms with Crippen LogP contribution in [0.25, 0.3) is 0 Å². The summed E-state index contributed by atoms with van der Waals surface area (Å²) in [5.74, 6) is -2.38. The predicted molar refractivity (Wildman–Crippen MR) is 55.1 cm³/mol. The molecule has 4 N–H and O–H groups in total. The van der Waals surface area contributed by atoms with Crippen molar-refractivity contribution in [1.82, 2.24) is 0 Å². The number of nitrogen functional groups attached to an aromatic ring is 1. The lowest BCUT2D eigenvalue weighted by atomic mass is 10.1. The van der Waals surface area contributed by atoms with E-state index in [4.69, 9.17) is 22.4 Å². The molecular formula is C9H7ClF3NO4. The van der Waals surface area contributed by atoms with Gasteiger partial charge in [-0.3, -0.25) is 0 Å². The Morgan fingerprint density at radius 3 is 2.44 bits per heavy atom. The molecule has 5 nitrogen and oxygen atoms in total. The van der Waals surface area contributed by atoms with Gasteiger partial charge in [0, 0.05) is 17.3 Å². The Hall–Kier alpha value is -1.67. The highest BCUT2D eigenvalue weighted by atomic mass is 35.5. The summed E-state index contributed by atoms with van der Waals surface area (Å²) in [6, 6.07) is 1.49. The van der Waals surface area contributed by atoms with Gasteiger partial charge in [-0.1, -0.05) is 11.6 Å². The summed E-state index contributed by atoms with van der Waals surface area (Å²) in [7, 11) is 0. The fourth-order valence-electron chi connectivity index (χ4n) is 1.16. The minimum atomic E-state index is -4.96.